The van der Waals surface area contributed by atoms with E-state index in [2.05, 4.69) is 0 Å². The number of benzene rings is 2. The fourth-order valence-corrected chi connectivity index (χ4v) is 5.17. The summed E-state index contributed by atoms with van der Waals surface area (Å²) in [6.07, 6.45) is 4.53. The molecule has 0 aliphatic rings. The first kappa shape index (κ1) is 21.6. The number of carbonyl (C=O) groups excluding carboxylic acids is 1. The average molecular weight is 456 g/mol. The van der Waals surface area contributed by atoms with Gasteiger partial charge in [0.05, 0.1) is 5.92 Å². The molecule has 0 aliphatic heterocycles. The van der Waals surface area contributed by atoms with Crippen LogP contribution in [0.5, 0.6) is 0 Å². The molecule has 0 amide bonds. The summed E-state index contributed by atoms with van der Waals surface area (Å²) in [6, 6.07) is 14.2. The largest absolute Gasteiger partial charge is 0.443 e. The van der Waals surface area contributed by atoms with E-state index in [0.29, 0.717) is 11.4 Å². The van der Waals surface area contributed by atoms with Crippen LogP contribution in [-0.2, 0) is 22.7 Å². The SMILES string of the molecule is CC(C)C(C(=O)OCn1ccc(Cc2ccc(F)cc2)c1)c1scc2cc(Cl)ccc12. The number of aromatic nitrogens is 1. The highest BCUT2D eigenvalue weighted by Gasteiger charge is 2.29. The standard InChI is InChI=1S/C25H23ClFNO2S/c1-16(2)23(24-22-8-5-20(26)12-19(22)14-31-24)25(29)30-15-28-10-9-18(13-28)11-17-3-6-21(27)7-4-17/h3-10,12-14,16,23H,11,15H2,1-2H3. The van der Waals surface area contributed by atoms with Crippen molar-refractivity contribution >= 4 is 39.7 Å². The van der Waals surface area contributed by atoms with E-state index in [9.17, 15) is 9.18 Å². The molecule has 2 aromatic carbocycles. The number of hydrogen-bond donors (Lipinski definition) is 0. The van der Waals surface area contributed by atoms with Crippen LogP contribution in [0.15, 0.2) is 66.3 Å². The zero-order valence-electron chi connectivity index (χ0n) is 17.3. The summed E-state index contributed by atoms with van der Waals surface area (Å²) in [4.78, 5) is 14.0. The second-order valence-corrected chi connectivity index (χ2v) is 9.33. The Hall–Kier alpha value is -2.63. The normalized spacial score (nSPS) is 12.4. The number of rotatable bonds is 7. The van der Waals surface area contributed by atoms with Crippen molar-refractivity contribution < 1.29 is 13.9 Å². The van der Waals surface area contributed by atoms with Crippen LogP contribution in [0.25, 0.3) is 10.8 Å². The van der Waals surface area contributed by atoms with Gasteiger partial charge in [-0.15, -0.1) is 11.3 Å². The van der Waals surface area contributed by atoms with Crippen LogP contribution >= 0.6 is 22.9 Å². The van der Waals surface area contributed by atoms with Crippen LogP contribution in [0.3, 0.4) is 0 Å². The summed E-state index contributed by atoms with van der Waals surface area (Å²) < 4.78 is 20.6. The maximum absolute atomic E-state index is 13.1. The predicted molar refractivity (Wildman–Crippen MR) is 124 cm³/mol. The molecular weight excluding hydrogens is 433 g/mol. The topological polar surface area (TPSA) is 31.2 Å². The number of thiophene rings is 1. The van der Waals surface area contributed by atoms with E-state index >= 15 is 0 Å². The Morgan fingerprint density at radius 1 is 1.13 bits per heavy atom. The smallest absolute Gasteiger partial charge is 0.316 e. The minimum absolute atomic E-state index is 0.101. The molecule has 0 bridgehead atoms. The number of fused-ring (bicyclic) bond motifs is 1. The number of ether oxygens (including phenoxy) is 1. The van der Waals surface area contributed by atoms with Gasteiger partial charge in [0.25, 0.3) is 0 Å². The van der Waals surface area contributed by atoms with Gasteiger partial charge in [0.2, 0.25) is 0 Å². The van der Waals surface area contributed by atoms with Crippen molar-refractivity contribution in [1.29, 1.82) is 0 Å². The first-order chi connectivity index (χ1) is 14.9. The molecule has 0 fully saturated rings. The minimum atomic E-state index is -0.335. The Balaban J connectivity index is 1.44. The van der Waals surface area contributed by atoms with Crippen molar-refractivity contribution in [2.24, 2.45) is 5.92 Å². The molecule has 3 nitrogen and oxygen atoms in total. The number of nitrogens with zero attached hydrogens (tertiary/aromatic N) is 1. The summed E-state index contributed by atoms with van der Waals surface area (Å²) in [5, 5.41) is 4.81. The van der Waals surface area contributed by atoms with Crippen LogP contribution in [0.2, 0.25) is 5.02 Å². The van der Waals surface area contributed by atoms with E-state index in [4.69, 9.17) is 16.3 Å². The summed E-state index contributed by atoms with van der Waals surface area (Å²) >= 11 is 7.68. The Labute approximate surface area is 190 Å². The highest BCUT2D eigenvalue weighted by atomic mass is 35.5. The molecule has 1 atom stereocenters. The molecule has 4 aromatic rings. The lowest BCUT2D eigenvalue weighted by Crippen LogP contribution is -2.21. The van der Waals surface area contributed by atoms with Gasteiger partial charge in [-0.2, -0.15) is 0 Å². The van der Waals surface area contributed by atoms with Gasteiger partial charge < -0.3 is 9.30 Å². The third kappa shape index (κ3) is 5.00. The zero-order chi connectivity index (χ0) is 22.0. The van der Waals surface area contributed by atoms with E-state index in [1.807, 2.05) is 60.5 Å². The Bertz CT molecular complexity index is 1200. The molecule has 0 spiro atoms. The van der Waals surface area contributed by atoms with Crippen LogP contribution in [0, 0.1) is 11.7 Å². The highest BCUT2D eigenvalue weighted by molar-refractivity contribution is 7.11. The van der Waals surface area contributed by atoms with Crippen molar-refractivity contribution in [2.45, 2.75) is 32.9 Å². The van der Waals surface area contributed by atoms with E-state index in [-0.39, 0.29) is 30.4 Å². The number of hydrogen-bond acceptors (Lipinski definition) is 3. The van der Waals surface area contributed by atoms with Gasteiger partial charge in [-0.1, -0.05) is 43.6 Å². The second-order valence-electron chi connectivity index (χ2n) is 7.98. The molecule has 0 saturated carbocycles. The minimum Gasteiger partial charge on any atom is -0.443 e. The molecule has 160 valence electrons. The predicted octanol–water partition coefficient (Wildman–Crippen LogP) is 7.03. The molecule has 2 aromatic heterocycles. The third-order valence-corrected chi connectivity index (χ3v) is 6.62. The van der Waals surface area contributed by atoms with Crippen molar-refractivity contribution in [2.75, 3.05) is 0 Å². The average Bonchev–Trinajstić information content (AvgIpc) is 3.35. The highest BCUT2D eigenvalue weighted by Crippen LogP contribution is 2.37. The molecule has 0 radical (unpaired) electrons. The molecule has 6 heteroatoms. The number of esters is 1. The first-order valence-electron chi connectivity index (χ1n) is 10.1. The monoisotopic (exact) mass is 455 g/mol. The van der Waals surface area contributed by atoms with Gasteiger partial charge >= 0.3 is 5.97 Å². The van der Waals surface area contributed by atoms with Crippen LogP contribution < -0.4 is 0 Å². The quantitative estimate of drug-likeness (QED) is 0.280. The van der Waals surface area contributed by atoms with E-state index in [1.54, 1.807) is 23.5 Å². The number of halogens is 2. The maximum Gasteiger partial charge on any atom is 0.316 e. The Morgan fingerprint density at radius 3 is 2.65 bits per heavy atom. The lowest BCUT2D eigenvalue weighted by atomic mass is 9.92. The van der Waals surface area contributed by atoms with E-state index in [0.717, 1.165) is 26.8 Å². The van der Waals surface area contributed by atoms with E-state index in [1.165, 1.54) is 12.1 Å². The second kappa shape index (κ2) is 9.25. The van der Waals surface area contributed by atoms with Crippen molar-refractivity contribution in [3.63, 3.8) is 0 Å². The van der Waals surface area contributed by atoms with E-state index < -0.39 is 0 Å². The fourth-order valence-electron chi connectivity index (χ4n) is 3.71. The molecule has 1 unspecified atom stereocenters. The van der Waals surface area contributed by atoms with Gasteiger partial charge in [-0.3, -0.25) is 4.79 Å². The Kier molecular flexibility index (Phi) is 6.44. The molecule has 2 heterocycles. The van der Waals surface area contributed by atoms with Crippen LogP contribution in [-0.4, -0.2) is 10.5 Å². The molecule has 31 heavy (non-hydrogen) atoms. The lowest BCUT2D eigenvalue weighted by molar-refractivity contribution is -0.150. The van der Waals surface area contributed by atoms with Crippen molar-refractivity contribution in [1.82, 2.24) is 4.57 Å². The molecular formula is C25H23ClFNO2S. The number of carbonyl (C=O) groups is 1. The summed E-state index contributed by atoms with van der Waals surface area (Å²) in [5.41, 5.74) is 2.10. The fraction of sp³-hybridized carbons (Fsp3) is 0.240. The molecule has 4 rings (SSSR count). The van der Waals surface area contributed by atoms with Crippen molar-refractivity contribution in [3.05, 3.63) is 93.1 Å². The van der Waals surface area contributed by atoms with Gasteiger partial charge in [-0.25, -0.2) is 4.39 Å². The summed E-state index contributed by atoms with van der Waals surface area (Å²) in [7, 11) is 0. The van der Waals surface area contributed by atoms with Crippen LogP contribution in [0.1, 0.15) is 35.8 Å². The van der Waals surface area contributed by atoms with Crippen molar-refractivity contribution in [3.8, 4) is 0 Å². The van der Waals surface area contributed by atoms with Gasteiger partial charge in [-0.05, 0) is 69.9 Å². The lowest BCUT2D eigenvalue weighted by Gasteiger charge is -2.19. The van der Waals surface area contributed by atoms with Gasteiger partial charge in [0.1, 0.15) is 5.82 Å². The third-order valence-electron chi connectivity index (χ3n) is 5.28. The molecule has 0 saturated heterocycles. The molecule has 0 N–H and O–H groups in total. The zero-order valence-corrected chi connectivity index (χ0v) is 18.9. The molecule has 0 aliphatic carbocycles. The van der Waals surface area contributed by atoms with Crippen LogP contribution in [0.4, 0.5) is 4.39 Å². The Morgan fingerprint density at radius 2 is 1.90 bits per heavy atom. The van der Waals surface area contributed by atoms with Gasteiger partial charge in [0, 0.05) is 22.3 Å². The first-order valence-corrected chi connectivity index (χ1v) is 11.4. The summed E-state index contributed by atoms with van der Waals surface area (Å²) in [6.45, 7) is 4.22. The maximum atomic E-state index is 13.1. The van der Waals surface area contributed by atoms with Gasteiger partial charge in [0.15, 0.2) is 6.73 Å². The summed E-state index contributed by atoms with van der Waals surface area (Å²) in [5.74, 6) is -0.710.